The summed E-state index contributed by atoms with van der Waals surface area (Å²) in [6, 6.07) is 5.77. The first kappa shape index (κ1) is 12.9. The zero-order valence-corrected chi connectivity index (χ0v) is 11.3. The quantitative estimate of drug-likeness (QED) is 0.716. The number of aryl methyl sites for hydroxylation is 1. The van der Waals surface area contributed by atoms with E-state index in [2.05, 4.69) is 25.8 Å². The molecule has 1 heterocycles. The lowest BCUT2D eigenvalue weighted by Crippen LogP contribution is -2.22. The Labute approximate surface area is 108 Å². The molecule has 0 aliphatic heterocycles. The summed E-state index contributed by atoms with van der Waals surface area (Å²) in [4.78, 5) is 16.3. The lowest BCUT2D eigenvalue weighted by atomic mass is 9.88. The molecule has 1 aromatic carbocycles. The summed E-state index contributed by atoms with van der Waals surface area (Å²) in [7, 11) is 5.63. The van der Waals surface area contributed by atoms with Crippen molar-refractivity contribution in [2.45, 2.75) is 34.1 Å². The van der Waals surface area contributed by atoms with E-state index in [-0.39, 0.29) is 11.0 Å². The lowest BCUT2D eigenvalue weighted by molar-refractivity contribution is 0.411. The number of rotatable bonds is 1. The van der Waals surface area contributed by atoms with Crippen molar-refractivity contribution in [1.82, 2.24) is 9.46 Å². The highest BCUT2D eigenvalue weighted by Crippen LogP contribution is 2.22. The molecule has 2 aromatic rings. The fourth-order valence-electron chi connectivity index (χ4n) is 2.08. The molecule has 0 unspecified atom stereocenters. The summed E-state index contributed by atoms with van der Waals surface area (Å²) in [6.45, 7) is 8.30. The minimum atomic E-state index is -0.195. The summed E-state index contributed by atoms with van der Waals surface area (Å²) in [5, 5.41) is 0.570. The lowest BCUT2D eigenvalue weighted by Gasteiger charge is -2.18. The summed E-state index contributed by atoms with van der Waals surface area (Å²) in [5.74, 6) is 0.528. The predicted octanol–water partition coefficient (Wildman–Crippen LogP) is 2.23. The van der Waals surface area contributed by atoms with E-state index in [1.807, 2.05) is 18.2 Å². The molecule has 0 atom stereocenters. The van der Waals surface area contributed by atoms with Crippen LogP contribution in [-0.4, -0.2) is 17.4 Å². The van der Waals surface area contributed by atoms with Crippen molar-refractivity contribution in [2.24, 2.45) is 5.41 Å². The molecule has 0 bridgehead atoms. The van der Waals surface area contributed by atoms with Crippen molar-refractivity contribution in [1.29, 1.82) is 0 Å². The minimum absolute atomic E-state index is 0.195. The molecule has 0 saturated carbocycles. The highest BCUT2D eigenvalue weighted by atomic mass is 16.1. The van der Waals surface area contributed by atoms with Crippen LogP contribution in [0, 0.1) is 12.3 Å². The molecule has 1 aromatic heterocycles. The Morgan fingerprint density at radius 2 is 2.00 bits per heavy atom. The fraction of sp³-hybridized carbons (Fsp3) is 0.429. The molecule has 0 saturated heterocycles. The highest BCUT2D eigenvalue weighted by molar-refractivity contribution is 6.07. The van der Waals surface area contributed by atoms with Gasteiger partial charge in [0.1, 0.15) is 0 Å². The molecule has 2 rings (SSSR count). The van der Waals surface area contributed by atoms with Crippen LogP contribution in [-0.2, 0) is 6.42 Å². The van der Waals surface area contributed by atoms with Crippen molar-refractivity contribution in [3.63, 3.8) is 0 Å². The van der Waals surface area contributed by atoms with Gasteiger partial charge in [-0.25, -0.2) is 4.98 Å². The third-order valence-corrected chi connectivity index (χ3v) is 2.88. The second kappa shape index (κ2) is 4.27. The van der Waals surface area contributed by atoms with Gasteiger partial charge in [0.05, 0.1) is 16.7 Å². The number of hydrogen-bond donors (Lipinski definition) is 0. The molecule has 0 N–H and O–H groups in total. The van der Waals surface area contributed by atoms with E-state index >= 15 is 0 Å². The van der Waals surface area contributed by atoms with E-state index in [1.54, 1.807) is 6.92 Å². The summed E-state index contributed by atoms with van der Waals surface area (Å²) in [5.41, 5.74) is 1.93. The molecule has 92 valence electrons. The van der Waals surface area contributed by atoms with Gasteiger partial charge in [0.25, 0.3) is 0 Å². The maximum absolute atomic E-state index is 11.9. The van der Waals surface area contributed by atoms with Gasteiger partial charge in [-0.15, -0.1) is 0 Å². The predicted molar refractivity (Wildman–Crippen MR) is 75.1 cm³/mol. The molecule has 18 heavy (non-hydrogen) atoms. The maximum atomic E-state index is 11.9. The molecule has 0 fully saturated rings. The minimum Gasteiger partial charge on any atom is -0.354 e. The molecule has 0 spiro atoms. The number of aromatic nitrogens is 2. The Morgan fingerprint density at radius 3 is 2.61 bits per heavy atom. The topological polar surface area (TPSA) is 34.9 Å². The van der Waals surface area contributed by atoms with E-state index in [9.17, 15) is 4.79 Å². The van der Waals surface area contributed by atoms with Crippen molar-refractivity contribution in [3.05, 3.63) is 39.9 Å². The Balaban J connectivity index is 2.60. The number of hydrogen-bond acceptors (Lipinski definition) is 2. The second-order valence-electron chi connectivity index (χ2n) is 5.92. The molecular formula is C14H17BN2O. The largest absolute Gasteiger partial charge is 0.354 e. The first-order valence-corrected chi connectivity index (χ1v) is 6.05. The van der Waals surface area contributed by atoms with Gasteiger partial charge in [-0.2, -0.15) is 0 Å². The zero-order valence-electron chi connectivity index (χ0n) is 11.3. The van der Waals surface area contributed by atoms with Gasteiger partial charge in [-0.1, -0.05) is 26.8 Å². The van der Waals surface area contributed by atoms with Gasteiger partial charge in [-0.3, -0.25) is 4.79 Å². The van der Waals surface area contributed by atoms with E-state index < -0.39 is 0 Å². The van der Waals surface area contributed by atoms with Crippen LogP contribution in [0.4, 0.5) is 0 Å². The van der Waals surface area contributed by atoms with Crippen LogP contribution in [0.25, 0.3) is 10.9 Å². The molecule has 4 heteroatoms. The average molecular weight is 240 g/mol. The fourth-order valence-corrected chi connectivity index (χ4v) is 2.08. The van der Waals surface area contributed by atoms with Crippen LogP contribution in [0.3, 0.4) is 0 Å². The maximum Gasteiger partial charge on any atom is 0.248 e. The molecule has 3 nitrogen and oxygen atoms in total. The first-order valence-electron chi connectivity index (χ1n) is 6.05. The second-order valence-corrected chi connectivity index (χ2v) is 5.92. The molecule has 0 aliphatic rings. The van der Waals surface area contributed by atoms with Crippen molar-refractivity contribution < 1.29 is 0 Å². The first-order chi connectivity index (χ1) is 8.28. The van der Waals surface area contributed by atoms with E-state index in [1.165, 1.54) is 5.56 Å². The van der Waals surface area contributed by atoms with Crippen LogP contribution >= 0.6 is 0 Å². The van der Waals surface area contributed by atoms with Crippen LogP contribution in [0.1, 0.15) is 32.2 Å². The normalized spacial score (nSPS) is 12.0. The molecule has 0 aliphatic carbocycles. The van der Waals surface area contributed by atoms with Gasteiger partial charge < -0.3 is 4.48 Å². The number of benzene rings is 1. The van der Waals surface area contributed by atoms with E-state index in [0.29, 0.717) is 11.2 Å². The monoisotopic (exact) mass is 240 g/mol. The van der Waals surface area contributed by atoms with Gasteiger partial charge in [-0.05, 0) is 36.5 Å². The van der Waals surface area contributed by atoms with Crippen LogP contribution in [0.2, 0.25) is 0 Å². The van der Waals surface area contributed by atoms with Crippen LogP contribution in [0.5, 0.6) is 0 Å². The number of nitrogens with zero attached hydrogens (tertiary/aromatic N) is 2. The Morgan fingerprint density at radius 1 is 1.33 bits per heavy atom. The van der Waals surface area contributed by atoms with E-state index in [4.69, 9.17) is 7.98 Å². The van der Waals surface area contributed by atoms with Crippen molar-refractivity contribution >= 4 is 18.9 Å². The standard InChI is InChI=1S/C14H17BN2O/c1-9-16-12-7-10(8-14(2,3)4)5-6-11(12)13(18)17(9)15/h5-7H,8H2,1-4H3. The number of fused-ring (bicyclic) bond motifs is 1. The summed E-state index contributed by atoms with van der Waals surface area (Å²) >= 11 is 0. The zero-order chi connectivity index (χ0) is 13.5. The Kier molecular flexibility index (Phi) is 3.05. The van der Waals surface area contributed by atoms with Crippen molar-refractivity contribution in [3.8, 4) is 0 Å². The van der Waals surface area contributed by atoms with E-state index in [0.717, 1.165) is 16.4 Å². The third-order valence-electron chi connectivity index (χ3n) is 2.88. The summed E-state index contributed by atoms with van der Waals surface area (Å²) < 4.78 is 1.09. The van der Waals surface area contributed by atoms with Crippen LogP contribution < -0.4 is 5.56 Å². The average Bonchev–Trinajstić information content (AvgIpc) is 2.23. The van der Waals surface area contributed by atoms with Gasteiger partial charge in [0.2, 0.25) is 13.5 Å². The molecular weight excluding hydrogens is 223 g/mol. The molecule has 2 radical (unpaired) electrons. The third kappa shape index (κ3) is 2.47. The Hall–Kier alpha value is -1.58. The highest BCUT2D eigenvalue weighted by Gasteiger charge is 2.12. The smallest absolute Gasteiger partial charge is 0.248 e. The SMILES string of the molecule is [B]n1c(C)nc2cc(CC(C)(C)C)ccc2c1=O. The molecule has 0 amide bonds. The van der Waals surface area contributed by atoms with Crippen LogP contribution in [0.15, 0.2) is 23.0 Å². The Bertz CT molecular complexity index is 653. The summed E-state index contributed by atoms with van der Waals surface area (Å²) in [6.07, 6.45) is 0.954. The van der Waals surface area contributed by atoms with Gasteiger partial charge >= 0.3 is 0 Å². The van der Waals surface area contributed by atoms with Gasteiger partial charge in [0, 0.05) is 0 Å². The van der Waals surface area contributed by atoms with Gasteiger partial charge in [0.15, 0.2) is 0 Å². The van der Waals surface area contributed by atoms with Crippen molar-refractivity contribution in [2.75, 3.05) is 0 Å².